The van der Waals surface area contributed by atoms with Gasteiger partial charge in [0.1, 0.15) is 0 Å². The van der Waals surface area contributed by atoms with Gasteiger partial charge in [-0.05, 0) is 0 Å². The van der Waals surface area contributed by atoms with Crippen molar-refractivity contribution < 1.29 is 56.9 Å². The smallest absolute Gasteiger partial charge is 1.00 e. The van der Waals surface area contributed by atoms with E-state index in [0.717, 1.165) is 6.42 Å². The first kappa shape index (κ1) is 22.7. The van der Waals surface area contributed by atoms with Crippen LogP contribution >= 0.6 is 0 Å². The number of benzene rings is 1. The van der Waals surface area contributed by atoms with Gasteiger partial charge in [0.05, 0.1) is 0 Å². The molecule has 6 heteroatoms. The Bertz CT molecular complexity index is 758. The fraction of sp³-hybridized carbons (Fsp3) is 0.476. The molecule has 0 aromatic heterocycles. The summed E-state index contributed by atoms with van der Waals surface area (Å²) < 4.78 is 19.2. The van der Waals surface area contributed by atoms with Crippen LogP contribution in [0, 0.1) is 11.7 Å². The summed E-state index contributed by atoms with van der Waals surface area (Å²) in [6.07, 6.45) is 8.73. The largest absolute Gasteiger partial charge is 1.00 e. The molecule has 1 aromatic rings. The second-order valence-electron chi connectivity index (χ2n) is 7.33. The Morgan fingerprint density at radius 2 is 1.70 bits per heavy atom. The first-order valence-electron chi connectivity index (χ1n) is 9.32. The Hall–Kier alpha value is -0.606. The number of rotatable bonds is 3. The Labute approximate surface area is 182 Å². The van der Waals surface area contributed by atoms with Gasteiger partial charge in [0.2, 0.25) is 0 Å². The van der Waals surface area contributed by atoms with Gasteiger partial charge in [-0.2, -0.15) is 0 Å². The first-order valence-corrected chi connectivity index (χ1v) is 10.9. The van der Waals surface area contributed by atoms with Crippen molar-refractivity contribution in [3.63, 3.8) is 0 Å². The van der Waals surface area contributed by atoms with Crippen molar-refractivity contribution in [1.29, 1.82) is 0 Å². The molecular weight excluding hydrogens is 422 g/mol. The van der Waals surface area contributed by atoms with Crippen LogP contribution in [0.4, 0.5) is 4.39 Å². The zero-order valence-electron chi connectivity index (χ0n) is 15.4. The summed E-state index contributed by atoms with van der Waals surface area (Å²) in [5, 5.41) is 0. The molecule has 2 nitrogen and oxygen atoms in total. The molecule has 0 N–H and O–H groups in total. The first-order chi connectivity index (χ1) is 12.1. The fourth-order valence-corrected chi connectivity index (χ4v) is 6.65. The number of carbonyl (C=O) groups excluding carboxylic acids is 1. The van der Waals surface area contributed by atoms with Gasteiger partial charge >= 0.3 is 158 Å². The predicted octanol–water partition coefficient (Wildman–Crippen LogP) is -0.223. The van der Waals surface area contributed by atoms with Crippen molar-refractivity contribution in [3.05, 3.63) is 57.9 Å². The van der Waals surface area contributed by atoms with E-state index in [1.807, 2.05) is 0 Å². The molecule has 0 bridgehead atoms. The van der Waals surface area contributed by atoms with Gasteiger partial charge in [0, 0.05) is 0 Å². The third-order valence-corrected chi connectivity index (χ3v) is 7.74. The molecule has 0 saturated carbocycles. The van der Waals surface area contributed by atoms with Crippen LogP contribution < -0.4 is 24.8 Å². The SMILES string of the molecule is CC1C2=C(CCCC2)C2=C1[CH]([Ti+2][O]C(=O)c1ccc(F)cc1)CCC2.[Cl-].[Cl-]. The van der Waals surface area contributed by atoms with Crippen molar-refractivity contribution in [1.82, 2.24) is 0 Å². The zero-order chi connectivity index (χ0) is 17.4. The maximum absolute atomic E-state index is 13.0. The molecule has 0 aliphatic heterocycles. The maximum Gasteiger partial charge on any atom is -1.00 e. The molecule has 0 spiro atoms. The Kier molecular flexibility index (Phi) is 8.18. The van der Waals surface area contributed by atoms with Crippen LogP contribution in [0.1, 0.15) is 62.2 Å². The monoisotopic (exact) mass is 444 g/mol. The summed E-state index contributed by atoms with van der Waals surface area (Å²) in [4.78, 5) is 12.3. The molecule has 3 aliphatic rings. The maximum atomic E-state index is 13.0. The molecule has 0 saturated heterocycles. The molecule has 2 atom stereocenters. The summed E-state index contributed by atoms with van der Waals surface area (Å²) >= 11 is -0.843. The second-order valence-corrected chi connectivity index (χ2v) is 9.10. The van der Waals surface area contributed by atoms with Gasteiger partial charge in [0.25, 0.3) is 0 Å². The number of hydrogen-bond acceptors (Lipinski definition) is 2. The van der Waals surface area contributed by atoms with Gasteiger partial charge in [0.15, 0.2) is 0 Å². The van der Waals surface area contributed by atoms with Crippen molar-refractivity contribution in [2.24, 2.45) is 5.92 Å². The predicted molar refractivity (Wildman–Crippen MR) is 91.1 cm³/mol. The van der Waals surface area contributed by atoms with Crippen LogP contribution in [0.3, 0.4) is 0 Å². The number of carbonyl (C=O) groups is 1. The molecule has 27 heavy (non-hydrogen) atoms. The summed E-state index contributed by atoms with van der Waals surface area (Å²) in [7, 11) is 0. The minimum atomic E-state index is -0.843. The fourth-order valence-electron chi connectivity index (χ4n) is 4.71. The molecule has 0 radical (unpaired) electrons. The van der Waals surface area contributed by atoms with Crippen LogP contribution in [0.2, 0.25) is 4.22 Å². The van der Waals surface area contributed by atoms with E-state index in [4.69, 9.17) is 3.32 Å². The molecule has 0 heterocycles. The zero-order valence-corrected chi connectivity index (χ0v) is 18.4. The van der Waals surface area contributed by atoms with Crippen LogP contribution in [-0.2, 0) is 22.9 Å². The summed E-state index contributed by atoms with van der Waals surface area (Å²) in [6, 6.07) is 5.64. The quantitative estimate of drug-likeness (QED) is 0.602. The van der Waals surface area contributed by atoms with Gasteiger partial charge in [-0.3, -0.25) is 0 Å². The minimum Gasteiger partial charge on any atom is -1.00 e. The van der Waals surface area contributed by atoms with Gasteiger partial charge in [-0.15, -0.1) is 0 Å². The number of hydrogen-bond donors (Lipinski definition) is 0. The summed E-state index contributed by atoms with van der Waals surface area (Å²) in [5.74, 6) is -0.0638. The van der Waals surface area contributed by atoms with Crippen LogP contribution in [0.15, 0.2) is 46.6 Å². The average Bonchev–Trinajstić information content (AvgIpc) is 2.94. The van der Waals surface area contributed by atoms with Gasteiger partial charge in [-0.1, -0.05) is 0 Å². The topological polar surface area (TPSA) is 26.3 Å². The minimum absolute atomic E-state index is 0. The van der Waals surface area contributed by atoms with E-state index >= 15 is 0 Å². The average molecular weight is 445 g/mol. The third kappa shape index (κ3) is 4.53. The normalized spacial score (nSPS) is 23.5. The van der Waals surface area contributed by atoms with E-state index in [2.05, 4.69) is 6.92 Å². The van der Waals surface area contributed by atoms with Crippen LogP contribution in [0.5, 0.6) is 0 Å². The second kappa shape index (κ2) is 9.74. The molecule has 3 aliphatic carbocycles. The van der Waals surface area contributed by atoms with Crippen molar-refractivity contribution >= 4 is 5.97 Å². The van der Waals surface area contributed by atoms with E-state index < -0.39 is 19.5 Å². The van der Waals surface area contributed by atoms with E-state index in [1.54, 1.807) is 22.3 Å². The van der Waals surface area contributed by atoms with E-state index in [0.29, 0.717) is 15.7 Å². The molecule has 0 fully saturated rings. The van der Waals surface area contributed by atoms with Gasteiger partial charge in [-0.25, -0.2) is 0 Å². The van der Waals surface area contributed by atoms with Crippen molar-refractivity contribution in [2.75, 3.05) is 0 Å². The van der Waals surface area contributed by atoms with E-state index in [-0.39, 0.29) is 36.6 Å². The molecule has 1 aromatic carbocycles. The molecule has 0 amide bonds. The number of fused-ring (bicyclic) bond motifs is 1. The summed E-state index contributed by atoms with van der Waals surface area (Å²) in [6.45, 7) is 2.36. The number of halogens is 3. The molecule has 2 unspecified atom stereocenters. The Morgan fingerprint density at radius 1 is 1.04 bits per heavy atom. The van der Waals surface area contributed by atoms with E-state index in [9.17, 15) is 9.18 Å². The van der Waals surface area contributed by atoms with Crippen molar-refractivity contribution in [2.45, 2.75) is 56.1 Å². The van der Waals surface area contributed by atoms with Gasteiger partial charge < -0.3 is 24.8 Å². The molecule has 144 valence electrons. The van der Waals surface area contributed by atoms with Crippen LogP contribution in [-0.4, -0.2) is 5.97 Å². The van der Waals surface area contributed by atoms with Crippen LogP contribution in [0.25, 0.3) is 0 Å². The Morgan fingerprint density at radius 3 is 2.44 bits per heavy atom. The third-order valence-electron chi connectivity index (χ3n) is 5.88. The van der Waals surface area contributed by atoms with Crippen molar-refractivity contribution in [3.8, 4) is 0 Å². The standard InChI is InChI=1S/C14H19.C7H5FO2.2ClH.Ti/c1-10-11-6-2-4-8-13(11)14-9-5-3-7-12(10)14;8-6-3-1-5(2-4-6)7(9)10;;;/h6,10H,2-5,7-9H2,1H3;1-4H,(H,9,10);2*1H;/q;;;;+3/p-3. The molecule has 4 rings (SSSR count). The summed E-state index contributed by atoms with van der Waals surface area (Å²) in [5.41, 5.74) is 7.02. The van der Waals surface area contributed by atoms with E-state index in [1.165, 1.54) is 62.8 Å². The Balaban J connectivity index is 0.00000131. The molecular formula is C21H23Cl2FO2Ti. The number of allylic oxidation sites excluding steroid dienone is 4.